The first-order valence-corrected chi connectivity index (χ1v) is 9.00. The van der Waals surface area contributed by atoms with E-state index in [1.807, 2.05) is 6.08 Å². The van der Waals surface area contributed by atoms with Gasteiger partial charge in [-0.25, -0.2) is 0 Å². The largest absolute Gasteiger partial charge is 0.369 e. The number of carbonyl (C=O) groups excluding carboxylic acids is 1. The number of epoxide rings is 1. The number of ketones is 1. The second-order valence-electron chi connectivity index (χ2n) is 8.58. The van der Waals surface area contributed by atoms with Crippen molar-refractivity contribution in [2.45, 2.75) is 63.9 Å². The highest BCUT2D eigenvalue weighted by Gasteiger charge is 2.68. The number of carbonyl (C=O) groups is 1. The molecule has 3 saturated carbocycles. The molecule has 0 amide bonds. The predicted octanol–water partition coefficient (Wildman–Crippen LogP) is 3.90. The summed E-state index contributed by atoms with van der Waals surface area (Å²) >= 11 is 0. The Balaban J connectivity index is 1.47. The lowest BCUT2D eigenvalue weighted by atomic mass is 9.51. The van der Waals surface area contributed by atoms with Crippen LogP contribution in [0, 0.1) is 29.1 Å². The zero-order valence-electron chi connectivity index (χ0n) is 13.1. The molecule has 4 aliphatic carbocycles. The van der Waals surface area contributed by atoms with Gasteiger partial charge in [0.25, 0.3) is 0 Å². The minimum absolute atomic E-state index is 0.279. The van der Waals surface area contributed by atoms with Crippen molar-refractivity contribution in [2.75, 3.05) is 6.61 Å². The lowest BCUT2D eigenvalue weighted by molar-refractivity contribution is -0.116. The number of rotatable bonds is 0. The molecule has 2 heteroatoms. The van der Waals surface area contributed by atoms with E-state index in [9.17, 15) is 4.79 Å². The number of fused-ring (bicyclic) bond motifs is 6. The van der Waals surface area contributed by atoms with Crippen LogP contribution in [0.3, 0.4) is 0 Å². The predicted molar refractivity (Wildman–Crippen MR) is 80.8 cm³/mol. The normalized spacial score (nSPS) is 54.7. The van der Waals surface area contributed by atoms with E-state index < -0.39 is 0 Å². The van der Waals surface area contributed by atoms with Gasteiger partial charge in [-0.1, -0.05) is 12.5 Å². The van der Waals surface area contributed by atoms with E-state index in [1.54, 1.807) is 0 Å². The summed E-state index contributed by atoms with van der Waals surface area (Å²) in [5.41, 5.74) is 2.24. The standard InChI is InChI=1S/C19H26O2/c1-18-8-6-15-14-5-3-13(20)10-12(14)2-4-16(15)17(18)7-9-19(18)11-21-19/h10,14-17H,2-9,11H2,1H3/t14-,15-,16-,17-,18-,19-/m1/s1. The zero-order chi connectivity index (χ0) is 14.2. The van der Waals surface area contributed by atoms with Crippen molar-refractivity contribution in [3.05, 3.63) is 11.6 Å². The van der Waals surface area contributed by atoms with Crippen LogP contribution in [0.25, 0.3) is 0 Å². The van der Waals surface area contributed by atoms with E-state index in [2.05, 4.69) is 6.92 Å². The third kappa shape index (κ3) is 1.55. The van der Waals surface area contributed by atoms with Gasteiger partial charge in [-0.05, 0) is 74.7 Å². The quantitative estimate of drug-likeness (QED) is 0.632. The maximum Gasteiger partial charge on any atom is 0.155 e. The summed E-state index contributed by atoms with van der Waals surface area (Å²) in [5, 5.41) is 0. The molecule has 0 aromatic rings. The van der Waals surface area contributed by atoms with Crippen LogP contribution in [-0.2, 0) is 9.53 Å². The topological polar surface area (TPSA) is 29.6 Å². The van der Waals surface area contributed by atoms with E-state index >= 15 is 0 Å². The van der Waals surface area contributed by atoms with Crippen LogP contribution in [0.5, 0.6) is 0 Å². The molecule has 1 heterocycles. The average molecular weight is 286 g/mol. The summed E-state index contributed by atoms with van der Waals surface area (Å²) in [6, 6.07) is 0. The first-order valence-electron chi connectivity index (χ1n) is 9.00. The first-order chi connectivity index (χ1) is 10.1. The Morgan fingerprint density at radius 2 is 1.95 bits per heavy atom. The highest BCUT2D eigenvalue weighted by molar-refractivity contribution is 5.91. The van der Waals surface area contributed by atoms with Gasteiger partial charge in [0.2, 0.25) is 0 Å². The van der Waals surface area contributed by atoms with E-state index in [-0.39, 0.29) is 5.60 Å². The fourth-order valence-corrected chi connectivity index (χ4v) is 6.83. The molecular weight excluding hydrogens is 260 g/mol. The minimum Gasteiger partial charge on any atom is -0.369 e. The summed E-state index contributed by atoms with van der Waals surface area (Å²) in [6.45, 7) is 3.56. The van der Waals surface area contributed by atoms with Crippen molar-refractivity contribution in [2.24, 2.45) is 29.1 Å². The van der Waals surface area contributed by atoms with Gasteiger partial charge in [-0.3, -0.25) is 4.79 Å². The van der Waals surface area contributed by atoms with Crippen molar-refractivity contribution < 1.29 is 9.53 Å². The summed E-state index contributed by atoms with van der Waals surface area (Å²) < 4.78 is 5.97. The molecule has 0 N–H and O–H groups in total. The van der Waals surface area contributed by atoms with E-state index in [1.165, 1.54) is 44.1 Å². The third-order valence-electron chi connectivity index (χ3n) is 8.08. The lowest BCUT2D eigenvalue weighted by Crippen LogP contribution is -2.48. The Kier molecular flexibility index (Phi) is 2.46. The van der Waals surface area contributed by atoms with E-state index in [4.69, 9.17) is 4.74 Å². The Bertz CT molecular complexity index is 530. The maximum absolute atomic E-state index is 11.7. The Morgan fingerprint density at radius 1 is 1.10 bits per heavy atom. The molecule has 0 unspecified atom stereocenters. The van der Waals surface area contributed by atoms with Gasteiger partial charge in [-0.15, -0.1) is 0 Å². The van der Waals surface area contributed by atoms with Crippen LogP contribution in [0.2, 0.25) is 0 Å². The van der Waals surface area contributed by atoms with Gasteiger partial charge in [-0.2, -0.15) is 0 Å². The number of hydrogen-bond donors (Lipinski definition) is 0. The fourth-order valence-electron chi connectivity index (χ4n) is 6.83. The molecule has 2 nitrogen and oxygen atoms in total. The molecule has 5 rings (SSSR count). The van der Waals surface area contributed by atoms with Gasteiger partial charge >= 0.3 is 0 Å². The van der Waals surface area contributed by atoms with Gasteiger partial charge in [0.1, 0.15) is 0 Å². The molecule has 5 aliphatic rings. The molecule has 1 aliphatic heterocycles. The minimum atomic E-state index is 0.279. The second kappa shape index (κ2) is 4.01. The van der Waals surface area contributed by atoms with Gasteiger partial charge < -0.3 is 4.74 Å². The third-order valence-corrected chi connectivity index (χ3v) is 8.08. The molecule has 0 radical (unpaired) electrons. The van der Waals surface area contributed by atoms with Crippen molar-refractivity contribution in [3.63, 3.8) is 0 Å². The summed E-state index contributed by atoms with van der Waals surface area (Å²) in [5.74, 6) is 3.78. The molecular formula is C19H26O2. The maximum atomic E-state index is 11.7. The van der Waals surface area contributed by atoms with Crippen molar-refractivity contribution in [3.8, 4) is 0 Å². The van der Waals surface area contributed by atoms with Gasteiger partial charge in [0.05, 0.1) is 12.2 Å². The molecule has 114 valence electrons. The molecule has 4 fully saturated rings. The van der Waals surface area contributed by atoms with Crippen LogP contribution in [0.15, 0.2) is 11.6 Å². The van der Waals surface area contributed by atoms with Crippen molar-refractivity contribution in [1.82, 2.24) is 0 Å². The SMILES string of the molecule is C[C@@]12CC[C@H]3[C@@H](CCC4=CC(=O)CC[C@H]43)[C@H]1CC[C@@]21CO1. The summed E-state index contributed by atoms with van der Waals surface area (Å²) in [6.07, 6.45) is 11.9. The smallest absolute Gasteiger partial charge is 0.155 e. The van der Waals surface area contributed by atoms with Crippen LogP contribution in [0.4, 0.5) is 0 Å². The number of hydrogen-bond acceptors (Lipinski definition) is 2. The molecule has 21 heavy (non-hydrogen) atoms. The summed E-state index contributed by atoms with van der Waals surface area (Å²) in [4.78, 5) is 11.7. The highest BCUT2D eigenvalue weighted by Crippen LogP contribution is 2.69. The van der Waals surface area contributed by atoms with Crippen molar-refractivity contribution >= 4 is 5.78 Å². The van der Waals surface area contributed by atoms with Crippen molar-refractivity contribution in [1.29, 1.82) is 0 Å². The van der Waals surface area contributed by atoms with Gasteiger partial charge in [0, 0.05) is 11.8 Å². The lowest BCUT2D eigenvalue weighted by Gasteiger charge is -2.53. The van der Waals surface area contributed by atoms with E-state index in [0.29, 0.717) is 11.2 Å². The van der Waals surface area contributed by atoms with Crippen LogP contribution in [0.1, 0.15) is 58.3 Å². The molecule has 0 aromatic carbocycles. The van der Waals surface area contributed by atoms with Crippen LogP contribution < -0.4 is 0 Å². The Morgan fingerprint density at radius 3 is 2.76 bits per heavy atom. The Labute approximate surface area is 127 Å². The molecule has 0 aromatic heterocycles. The van der Waals surface area contributed by atoms with Crippen LogP contribution in [-0.4, -0.2) is 18.0 Å². The molecule has 1 spiro atoms. The van der Waals surface area contributed by atoms with Gasteiger partial charge in [0.15, 0.2) is 5.78 Å². The van der Waals surface area contributed by atoms with Crippen LogP contribution >= 0.6 is 0 Å². The number of allylic oxidation sites excluding steroid dienone is 1. The van der Waals surface area contributed by atoms with E-state index in [0.717, 1.165) is 43.1 Å². The average Bonchev–Trinajstić information content (AvgIpc) is 3.20. The monoisotopic (exact) mass is 286 g/mol. The summed E-state index contributed by atoms with van der Waals surface area (Å²) in [7, 11) is 0. The number of ether oxygens (including phenoxy) is 1. The zero-order valence-corrected chi connectivity index (χ0v) is 13.1. The highest BCUT2D eigenvalue weighted by atomic mass is 16.6. The fraction of sp³-hybridized carbons (Fsp3) is 0.842. The Hall–Kier alpha value is -0.630. The molecule has 1 saturated heterocycles. The molecule has 0 bridgehead atoms. The molecule has 6 atom stereocenters. The first kappa shape index (κ1) is 12.9. The second-order valence-corrected chi connectivity index (χ2v) is 8.58.